The van der Waals surface area contributed by atoms with Gasteiger partial charge in [0.05, 0.1) is 24.8 Å². The molecule has 0 spiro atoms. The Morgan fingerprint density at radius 2 is 1.74 bits per heavy atom. The number of phenolic OH excluding ortho intramolecular Hbond substituents is 1. The van der Waals surface area contributed by atoms with Crippen LogP contribution in [0.3, 0.4) is 0 Å². The molecule has 0 bridgehead atoms. The highest BCUT2D eigenvalue weighted by Crippen LogP contribution is 2.41. The summed E-state index contributed by atoms with van der Waals surface area (Å²) in [6, 6.07) is 9.21. The van der Waals surface area contributed by atoms with Crippen LogP contribution in [-0.4, -0.2) is 29.6 Å². The fourth-order valence-electron chi connectivity index (χ4n) is 2.78. The first kappa shape index (κ1) is 19.3. The summed E-state index contributed by atoms with van der Waals surface area (Å²) < 4.78 is 10.8. The van der Waals surface area contributed by atoms with E-state index in [1.807, 2.05) is 32.0 Å². The average Bonchev–Trinajstić information content (AvgIpc) is 2.91. The molecule has 2 aromatic carbocycles. The zero-order valence-corrected chi connectivity index (χ0v) is 17.0. The number of phenols is 1. The van der Waals surface area contributed by atoms with Gasteiger partial charge < -0.3 is 14.6 Å². The number of carbonyl (C=O) groups is 1. The predicted octanol–water partition coefficient (Wildman–Crippen LogP) is 4.43. The maximum Gasteiger partial charge on any atom is 0.270 e. The lowest BCUT2D eigenvalue weighted by molar-refractivity contribution is -0.113. The summed E-state index contributed by atoms with van der Waals surface area (Å²) in [6.45, 7) is 3.93. The third-order valence-electron chi connectivity index (χ3n) is 4.20. The third-order valence-corrected chi connectivity index (χ3v) is 5.50. The van der Waals surface area contributed by atoms with Crippen LogP contribution in [0.25, 0.3) is 6.08 Å². The van der Waals surface area contributed by atoms with Gasteiger partial charge in [-0.15, -0.1) is 0 Å². The van der Waals surface area contributed by atoms with Crippen LogP contribution in [0.5, 0.6) is 17.2 Å². The molecule has 1 amide bonds. The van der Waals surface area contributed by atoms with Crippen molar-refractivity contribution in [2.24, 2.45) is 0 Å². The minimum atomic E-state index is -0.176. The largest absolute Gasteiger partial charge is 0.502 e. The number of amides is 1. The molecule has 1 heterocycles. The Hall–Kier alpha value is -2.51. The average molecular weight is 402 g/mol. The summed E-state index contributed by atoms with van der Waals surface area (Å²) in [6.07, 6.45) is 1.72. The maximum atomic E-state index is 13.0. The molecule has 1 aliphatic rings. The number of aromatic hydroxyl groups is 1. The van der Waals surface area contributed by atoms with E-state index in [0.29, 0.717) is 14.8 Å². The molecule has 1 saturated heterocycles. The predicted molar refractivity (Wildman–Crippen MR) is 113 cm³/mol. The molecule has 0 aliphatic carbocycles. The van der Waals surface area contributed by atoms with E-state index in [9.17, 15) is 9.90 Å². The fraction of sp³-hybridized carbons (Fsp3) is 0.200. The molecular weight excluding hydrogens is 382 g/mol. The van der Waals surface area contributed by atoms with E-state index in [0.717, 1.165) is 16.8 Å². The molecule has 7 heteroatoms. The highest BCUT2D eigenvalue weighted by atomic mass is 32.2. The van der Waals surface area contributed by atoms with Gasteiger partial charge in [-0.3, -0.25) is 9.69 Å². The summed E-state index contributed by atoms with van der Waals surface area (Å²) in [4.78, 5) is 15.1. The SMILES string of the molecule is COc1cc(/C=C2\SC(=S)N(c3cc(C)ccc3C)C2=O)cc(OC)c1O. The first-order chi connectivity index (χ1) is 12.8. The van der Waals surface area contributed by atoms with Crippen LogP contribution < -0.4 is 14.4 Å². The Labute approximate surface area is 167 Å². The summed E-state index contributed by atoms with van der Waals surface area (Å²) in [5, 5.41) is 10.0. The van der Waals surface area contributed by atoms with Crippen LogP contribution in [0, 0.1) is 13.8 Å². The van der Waals surface area contributed by atoms with Crippen LogP contribution in [0.15, 0.2) is 35.2 Å². The van der Waals surface area contributed by atoms with Crippen molar-refractivity contribution in [1.29, 1.82) is 0 Å². The summed E-state index contributed by atoms with van der Waals surface area (Å²) in [5.41, 5.74) is 3.50. The number of thioether (sulfide) groups is 1. The molecule has 0 unspecified atom stereocenters. The number of aryl methyl sites for hydroxylation is 2. The number of methoxy groups -OCH3 is 2. The molecule has 0 aromatic heterocycles. The molecule has 2 aromatic rings. The van der Waals surface area contributed by atoms with Crippen molar-refractivity contribution in [3.63, 3.8) is 0 Å². The zero-order chi connectivity index (χ0) is 19.7. The molecule has 0 atom stereocenters. The number of nitrogens with zero attached hydrogens (tertiary/aromatic N) is 1. The number of benzene rings is 2. The van der Waals surface area contributed by atoms with E-state index in [-0.39, 0.29) is 23.2 Å². The van der Waals surface area contributed by atoms with Gasteiger partial charge in [-0.2, -0.15) is 0 Å². The van der Waals surface area contributed by atoms with E-state index in [4.69, 9.17) is 21.7 Å². The first-order valence-corrected chi connectivity index (χ1v) is 9.38. The van der Waals surface area contributed by atoms with Gasteiger partial charge in [-0.25, -0.2) is 0 Å². The van der Waals surface area contributed by atoms with E-state index < -0.39 is 0 Å². The Morgan fingerprint density at radius 1 is 1.11 bits per heavy atom. The molecule has 27 heavy (non-hydrogen) atoms. The van der Waals surface area contributed by atoms with E-state index in [1.54, 1.807) is 23.1 Å². The van der Waals surface area contributed by atoms with Gasteiger partial charge in [0.1, 0.15) is 0 Å². The standard InChI is InChI=1S/C20H19NO4S2/c1-11-5-6-12(2)14(7-11)21-19(23)17(27-20(21)26)10-13-8-15(24-3)18(22)16(9-13)25-4/h5-10,22H,1-4H3/b17-10-. The van der Waals surface area contributed by atoms with Gasteiger partial charge >= 0.3 is 0 Å². The Bertz CT molecular complexity index is 943. The van der Waals surface area contributed by atoms with Crippen LogP contribution >= 0.6 is 24.0 Å². The molecule has 0 saturated carbocycles. The summed E-state index contributed by atoms with van der Waals surface area (Å²) in [5.74, 6) is 0.279. The Kier molecular flexibility index (Phi) is 5.43. The van der Waals surface area contributed by atoms with Crippen molar-refractivity contribution < 1.29 is 19.4 Å². The van der Waals surface area contributed by atoms with E-state index in [1.165, 1.54) is 26.0 Å². The molecule has 0 radical (unpaired) electrons. The molecule has 1 N–H and O–H groups in total. The molecular formula is C20H19NO4S2. The number of hydrogen-bond donors (Lipinski definition) is 1. The normalized spacial score (nSPS) is 15.6. The quantitative estimate of drug-likeness (QED) is 0.604. The highest BCUT2D eigenvalue weighted by Gasteiger charge is 2.34. The number of ether oxygens (including phenoxy) is 2. The van der Waals surface area contributed by atoms with E-state index in [2.05, 4.69) is 0 Å². The second-order valence-corrected chi connectivity index (χ2v) is 7.76. The van der Waals surface area contributed by atoms with Gasteiger partial charge in [0.25, 0.3) is 5.91 Å². The second-order valence-electron chi connectivity index (χ2n) is 6.08. The number of anilines is 1. The van der Waals surface area contributed by atoms with Crippen molar-refractivity contribution in [3.05, 3.63) is 51.9 Å². The summed E-state index contributed by atoms with van der Waals surface area (Å²) in [7, 11) is 2.91. The molecule has 5 nitrogen and oxygen atoms in total. The lowest BCUT2D eigenvalue weighted by Crippen LogP contribution is -2.28. The Morgan fingerprint density at radius 3 is 2.33 bits per heavy atom. The van der Waals surface area contributed by atoms with Gasteiger partial charge in [0.15, 0.2) is 15.8 Å². The van der Waals surface area contributed by atoms with Crippen LogP contribution in [0.4, 0.5) is 5.69 Å². The van der Waals surface area contributed by atoms with E-state index >= 15 is 0 Å². The van der Waals surface area contributed by atoms with Crippen LogP contribution in [0.1, 0.15) is 16.7 Å². The van der Waals surface area contributed by atoms with Crippen molar-refractivity contribution in [3.8, 4) is 17.2 Å². The fourth-order valence-corrected chi connectivity index (χ4v) is 4.07. The number of rotatable bonds is 4. The van der Waals surface area contributed by atoms with Gasteiger partial charge in [-0.1, -0.05) is 36.1 Å². The van der Waals surface area contributed by atoms with Crippen molar-refractivity contribution in [1.82, 2.24) is 0 Å². The zero-order valence-electron chi connectivity index (χ0n) is 15.4. The minimum absolute atomic E-state index is 0.0833. The lowest BCUT2D eigenvalue weighted by atomic mass is 10.1. The van der Waals surface area contributed by atoms with Crippen molar-refractivity contribution in [2.75, 3.05) is 19.1 Å². The van der Waals surface area contributed by atoms with Gasteiger partial charge in [0, 0.05) is 0 Å². The Balaban J connectivity index is 2.01. The number of hydrogen-bond acceptors (Lipinski definition) is 6. The summed E-state index contributed by atoms with van der Waals surface area (Å²) >= 11 is 6.69. The third kappa shape index (κ3) is 3.65. The maximum absolute atomic E-state index is 13.0. The number of thiocarbonyl (C=S) groups is 1. The highest BCUT2D eigenvalue weighted by molar-refractivity contribution is 8.27. The monoisotopic (exact) mass is 401 g/mol. The molecule has 1 aliphatic heterocycles. The van der Waals surface area contributed by atoms with Gasteiger partial charge in [0.2, 0.25) is 5.75 Å². The molecule has 140 valence electrons. The molecule has 1 fully saturated rings. The van der Waals surface area contributed by atoms with Gasteiger partial charge in [-0.05, 0) is 54.8 Å². The minimum Gasteiger partial charge on any atom is -0.502 e. The topological polar surface area (TPSA) is 59.0 Å². The molecule has 3 rings (SSSR count). The van der Waals surface area contributed by atoms with Crippen molar-refractivity contribution in [2.45, 2.75) is 13.8 Å². The smallest absolute Gasteiger partial charge is 0.270 e. The number of carbonyl (C=O) groups excluding carboxylic acids is 1. The lowest BCUT2D eigenvalue weighted by Gasteiger charge is -2.17. The van der Waals surface area contributed by atoms with Crippen LogP contribution in [0.2, 0.25) is 0 Å². The second kappa shape index (κ2) is 7.62. The first-order valence-electron chi connectivity index (χ1n) is 8.16. The van der Waals surface area contributed by atoms with Crippen molar-refractivity contribution >= 4 is 46.0 Å². The van der Waals surface area contributed by atoms with Crippen LogP contribution in [-0.2, 0) is 4.79 Å².